The Bertz CT molecular complexity index is 368. The average Bonchev–Trinajstić information content (AvgIpc) is 2.16. The van der Waals surface area contributed by atoms with E-state index in [1.165, 1.54) is 19.2 Å². The Balaban J connectivity index is 3.18. The molecule has 90 valence electrons. The highest BCUT2D eigenvalue weighted by atomic mass is 79.9. The van der Waals surface area contributed by atoms with Gasteiger partial charge in [-0.15, -0.1) is 0 Å². The monoisotopic (exact) mass is 297 g/mol. The summed E-state index contributed by atoms with van der Waals surface area (Å²) in [5.74, 6) is 0. The summed E-state index contributed by atoms with van der Waals surface area (Å²) in [5, 5.41) is 0. The molecule has 2 N–H and O–H groups in total. The van der Waals surface area contributed by atoms with Gasteiger partial charge in [-0.2, -0.15) is 13.2 Å². The van der Waals surface area contributed by atoms with Crippen LogP contribution in [0.5, 0.6) is 0 Å². The minimum atomic E-state index is -4.41. The van der Waals surface area contributed by atoms with E-state index in [-0.39, 0.29) is 12.2 Å². The Kier molecular flexibility index (Phi) is 4.35. The highest BCUT2D eigenvalue weighted by Gasteiger charge is 2.34. The predicted octanol–water partition coefficient (Wildman–Crippen LogP) is 3.11. The first-order valence-electron chi connectivity index (χ1n) is 4.47. The van der Waals surface area contributed by atoms with E-state index in [1.54, 1.807) is 0 Å². The number of nitrogens with two attached hydrogens (primary N) is 1. The first-order chi connectivity index (χ1) is 7.36. The van der Waals surface area contributed by atoms with Gasteiger partial charge in [-0.3, -0.25) is 0 Å². The Morgan fingerprint density at radius 3 is 2.56 bits per heavy atom. The van der Waals surface area contributed by atoms with Crippen LogP contribution < -0.4 is 5.73 Å². The number of halogens is 4. The van der Waals surface area contributed by atoms with Gasteiger partial charge in [0.1, 0.15) is 0 Å². The maximum Gasteiger partial charge on any atom is 0.416 e. The van der Waals surface area contributed by atoms with Gasteiger partial charge in [0.2, 0.25) is 0 Å². The van der Waals surface area contributed by atoms with Gasteiger partial charge >= 0.3 is 6.18 Å². The van der Waals surface area contributed by atoms with Crippen LogP contribution >= 0.6 is 15.9 Å². The second kappa shape index (κ2) is 5.16. The summed E-state index contributed by atoms with van der Waals surface area (Å²) >= 11 is 3.00. The first kappa shape index (κ1) is 13.5. The lowest BCUT2D eigenvalue weighted by Gasteiger charge is -2.18. The topological polar surface area (TPSA) is 35.2 Å². The molecule has 2 nitrogen and oxygen atoms in total. The molecule has 0 spiro atoms. The molecule has 0 bridgehead atoms. The molecule has 0 radical (unpaired) electrons. The van der Waals surface area contributed by atoms with Gasteiger partial charge in [0.05, 0.1) is 18.2 Å². The van der Waals surface area contributed by atoms with E-state index in [2.05, 4.69) is 15.9 Å². The number of rotatable bonds is 3. The average molecular weight is 298 g/mol. The van der Waals surface area contributed by atoms with Crippen molar-refractivity contribution in [3.8, 4) is 0 Å². The van der Waals surface area contributed by atoms with Crippen molar-refractivity contribution in [2.75, 3.05) is 13.7 Å². The summed E-state index contributed by atoms with van der Waals surface area (Å²) in [7, 11) is 1.39. The van der Waals surface area contributed by atoms with Gasteiger partial charge in [0.25, 0.3) is 0 Å². The first-order valence-corrected chi connectivity index (χ1v) is 5.26. The normalized spacial score (nSPS) is 13.9. The van der Waals surface area contributed by atoms with Gasteiger partial charge in [-0.1, -0.05) is 22.0 Å². The number of methoxy groups -OCH3 is 1. The van der Waals surface area contributed by atoms with Crippen molar-refractivity contribution >= 4 is 15.9 Å². The number of hydrogen-bond acceptors (Lipinski definition) is 2. The second-order valence-corrected chi connectivity index (χ2v) is 4.21. The lowest BCUT2D eigenvalue weighted by Crippen LogP contribution is -2.21. The summed E-state index contributed by atoms with van der Waals surface area (Å²) < 4.78 is 43.3. The molecule has 0 aliphatic carbocycles. The number of hydrogen-bond donors (Lipinski definition) is 1. The van der Waals surface area contributed by atoms with Crippen molar-refractivity contribution < 1.29 is 17.9 Å². The maximum atomic E-state index is 12.7. The Labute approximate surface area is 99.7 Å². The van der Waals surface area contributed by atoms with Crippen LogP contribution in [0.2, 0.25) is 0 Å². The maximum absolute atomic E-state index is 12.7. The van der Waals surface area contributed by atoms with Gasteiger partial charge < -0.3 is 10.5 Å². The SMILES string of the molecule is COC[C@H](N)c1ccc(Br)cc1C(F)(F)F. The van der Waals surface area contributed by atoms with Crippen LogP contribution in [0.1, 0.15) is 17.2 Å². The van der Waals surface area contributed by atoms with Crippen molar-refractivity contribution in [2.24, 2.45) is 5.73 Å². The fraction of sp³-hybridized carbons (Fsp3) is 0.400. The molecule has 1 atom stereocenters. The zero-order chi connectivity index (χ0) is 12.3. The third-order valence-electron chi connectivity index (χ3n) is 2.07. The van der Waals surface area contributed by atoms with Crippen LogP contribution in [0.4, 0.5) is 13.2 Å². The van der Waals surface area contributed by atoms with Crippen molar-refractivity contribution in [3.05, 3.63) is 33.8 Å². The molecule has 0 saturated heterocycles. The lowest BCUT2D eigenvalue weighted by molar-refractivity contribution is -0.138. The third kappa shape index (κ3) is 3.20. The minimum Gasteiger partial charge on any atom is -0.383 e. The van der Waals surface area contributed by atoms with Crippen LogP contribution in [0.3, 0.4) is 0 Å². The zero-order valence-electron chi connectivity index (χ0n) is 8.51. The van der Waals surface area contributed by atoms with E-state index in [9.17, 15) is 13.2 Å². The Hall–Kier alpha value is -0.590. The summed E-state index contributed by atoms with van der Waals surface area (Å²) in [6.45, 7) is 0.0463. The number of alkyl halides is 3. The highest BCUT2D eigenvalue weighted by molar-refractivity contribution is 9.10. The predicted molar refractivity (Wildman–Crippen MR) is 57.9 cm³/mol. The van der Waals surface area contributed by atoms with Crippen LogP contribution in [0.25, 0.3) is 0 Å². The molecule has 0 fully saturated rings. The zero-order valence-corrected chi connectivity index (χ0v) is 10.1. The molecule has 1 rings (SSSR count). The molecule has 0 aromatic heterocycles. The smallest absolute Gasteiger partial charge is 0.383 e. The van der Waals surface area contributed by atoms with Crippen molar-refractivity contribution in [2.45, 2.75) is 12.2 Å². The van der Waals surface area contributed by atoms with E-state index >= 15 is 0 Å². The van der Waals surface area contributed by atoms with Crippen molar-refractivity contribution in [3.63, 3.8) is 0 Å². The molecule has 0 heterocycles. The van der Waals surface area contributed by atoms with E-state index in [4.69, 9.17) is 10.5 Å². The fourth-order valence-electron chi connectivity index (χ4n) is 1.37. The molecule has 0 amide bonds. The van der Waals surface area contributed by atoms with Crippen molar-refractivity contribution in [1.82, 2.24) is 0 Å². The largest absolute Gasteiger partial charge is 0.416 e. The number of ether oxygens (including phenoxy) is 1. The quantitative estimate of drug-likeness (QED) is 0.930. The molecule has 1 aromatic rings. The van der Waals surface area contributed by atoms with Crippen molar-refractivity contribution in [1.29, 1.82) is 0 Å². The molecule has 0 aliphatic heterocycles. The third-order valence-corrected chi connectivity index (χ3v) is 2.56. The summed E-state index contributed by atoms with van der Waals surface area (Å²) in [5.41, 5.74) is 4.92. The molecular formula is C10H11BrF3NO. The minimum absolute atomic E-state index is 0.0394. The summed E-state index contributed by atoms with van der Waals surface area (Å²) in [6, 6.07) is 3.12. The molecule has 0 unspecified atom stereocenters. The van der Waals surface area contributed by atoms with Crippen LogP contribution in [0, 0.1) is 0 Å². The number of benzene rings is 1. The van der Waals surface area contributed by atoms with Gasteiger partial charge in [0, 0.05) is 11.6 Å². The van der Waals surface area contributed by atoms with E-state index in [0.29, 0.717) is 4.47 Å². The van der Waals surface area contributed by atoms with Gasteiger partial charge in [-0.05, 0) is 17.7 Å². The lowest BCUT2D eigenvalue weighted by atomic mass is 10.0. The molecule has 16 heavy (non-hydrogen) atoms. The van der Waals surface area contributed by atoms with E-state index in [0.717, 1.165) is 6.07 Å². The Morgan fingerprint density at radius 1 is 1.44 bits per heavy atom. The molecule has 1 aromatic carbocycles. The van der Waals surface area contributed by atoms with Gasteiger partial charge in [0.15, 0.2) is 0 Å². The van der Waals surface area contributed by atoms with E-state index < -0.39 is 17.8 Å². The standard InChI is InChI=1S/C10H11BrF3NO/c1-16-5-9(15)7-3-2-6(11)4-8(7)10(12,13)14/h2-4,9H,5,15H2,1H3/t9-/m0/s1. The van der Waals surface area contributed by atoms with Gasteiger partial charge in [-0.25, -0.2) is 0 Å². The highest BCUT2D eigenvalue weighted by Crippen LogP contribution is 2.35. The fourth-order valence-corrected chi connectivity index (χ4v) is 1.73. The molecule has 0 aliphatic rings. The second-order valence-electron chi connectivity index (χ2n) is 3.29. The van der Waals surface area contributed by atoms with E-state index in [1.807, 2.05) is 0 Å². The molecule has 0 saturated carbocycles. The summed E-state index contributed by atoms with van der Waals surface area (Å²) in [6.07, 6.45) is -4.41. The Morgan fingerprint density at radius 2 is 2.06 bits per heavy atom. The molecule has 6 heteroatoms. The summed E-state index contributed by atoms with van der Waals surface area (Å²) in [4.78, 5) is 0. The van der Waals surface area contributed by atoms with Crippen LogP contribution in [-0.2, 0) is 10.9 Å². The van der Waals surface area contributed by atoms with Crippen LogP contribution in [0.15, 0.2) is 22.7 Å². The van der Waals surface area contributed by atoms with Crippen LogP contribution in [-0.4, -0.2) is 13.7 Å². The molecular weight excluding hydrogens is 287 g/mol.